The van der Waals surface area contributed by atoms with Gasteiger partial charge in [-0.3, -0.25) is 9.59 Å². The largest absolute Gasteiger partial charge is 0.375 e. The number of carbonyl (C=O) groups is 2. The van der Waals surface area contributed by atoms with Crippen molar-refractivity contribution >= 4 is 11.6 Å². The molecule has 1 heterocycles. The molecular formula is C23H31NO2. The standard InChI is InChI=1S/C23H31NO2/c1-22-10-9-16(24-11-3-4-12-24)13-15(22)5-6-17-18-7-8-20(26)23(18,2)14-19(25)21(17)22/h5,13,17-18,21H,3-4,6-12,14H2,1-2H3/t17-,18-,21+,22-,23-/m0/s1. The zero-order valence-electron chi connectivity index (χ0n) is 16.2. The summed E-state index contributed by atoms with van der Waals surface area (Å²) in [4.78, 5) is 28.4. The van der Waals surface area contributed by atoms with Gasteiger partial charge in [-0.2, -0.15) is 0 Å². The number of hydrogen-bond donors (Lipinski definition) is 0. The van der Waals surface area contributed by atoms with E-state index in [1.807, 2.05) is 0 Å². The van der Waals surface area contributed by atoms with E-state index in [9.17, 15) is 9.59 Å². The van der Waals surface area contributed by atoms with Gasteiger partial charge in [-0.05, 0) is 62.0 Å². The number of nitrogens with zero attached hydrogens (tertiary/aromatic N) is 1. The summed E-state index contributed by atoms with van der Waals surface area (Å²) >= 11 is 0. The molecule has 0 aromatic carbocycles. The van der Waals surface area contributed by atoms with Gasteiger partial charge in [0.25, 0.3) is 0 Å². The third kappa shape index (κ3) is 2.12. The van der Waals surface area contributed by atoms with E-state index < -0.39 is 0 Å². The molecule has 3 fully saturated rings. The van der Waals surface area contributed by atoms with E-state index in [1.165, 1.54) is 37.2 Å². The number of fused-ring (bicyclic) bond motifs is 5. The summed E-state index contributed by atoms with van der Waals surface area (Å²) in [5.74, 6) is 1.63. The molecule has 3 heteroatoms. The predicted octanol–water partition coefficient (Wildman–Crippen LogP) is 4.29. The van der Waals surface area contributed by atoms with Gasteiger partial charge in [0, 0.05) is 48.4 Å². The SMILES string of the molecule is C[C@]12CCC(N3CCCC3)=CC1=CC[C@@H]1[C@@H]2C(=O)C[C@]2(C)C(=O)CC[C@@H]12. The van der Waals surface area contributed by atoms with Crippen LogP contribution in [0.25, 0.3) is 0 Å². The third-order valence-corrected chi connectivity index (χ3v) is 8.66. The third-order valence-electron chi connectivity index (χ3n) is 8.66. The first kappa shape index (κ1) is 16.8. The molecular weight excluding hydrogens is 322 g/mol. The normalized spacial score (nSPS) is 45.0. The minimum absolute atomic E-state index is 0.0177. The van der Waals surface area contributed by atoms with Gasteiger partial charge in [0.2, 0.25) is 0 Å². The lowest BCUT2D eigenvalue weighted by Crippen LogP contribution is -2.54. The minimum atomic E-state index is -0.370. The van der Waals surface area contributed by atoms with Crippen molar-refractivity contribution < 1.29 is 9.59 Å². The first-order chi connectivity index (χ1) is 12.4. The molecule has 26 heavy (non-hydrogen) atoms. The van der Waals surface area contributed by atoms with Crippen LogP contribution in [0.3, 0.4) is 0 Å². The molecule has 5 rings (SSSR count). The molecule has 0 N–H and O–H groups in total. The van der Waals surface area contributed by atoms with Crippen molar-refractivity contribution in [2.45, 2.75) is 65.2 Å². The summed E-state index contributed by atoms with van der Waals surface area (Å²) < 4.78 is 0. The van der Waals surface area contributed by atoms with E-state index in [0.717, 1.165) is 25.7 Å². The van der Waals surface area contributed by atoms with Crippen LogP contribution in [-0.2, 0) is 9.59 Å². The summed E-state index contributed by atoms with van der Waals surface area (Å²) in [5, 5.41) is 0. The number of allylic oxidation sites excluding steroid dienone is 4. The molecule has 0 unspecified atom stereocenters. The second-order valence-corrected chi connectivity index (χ2v) is 9.91. The van der Waals surface area contributed by atoms with Gasteiger partial charge in [0.05, 0.1) is 0 Å². The van der Waals surface area contributed by atoms with E-state index in [-0.39, 0.29) is 16.7 Å². The van der Waals surface area contributed by atoms with Crippen LogP contribution in [0.1, 0.15) is 65.2 Å². The number of hydrogen-bond acceptors (Lipinski definition) is 3. The monoisotopic (exact) mass is 353 g/mol. The smallest absolute Gasteiger partial charge is 0.139 e. The summed E-state index contributed by atoms with van der Waals surface area (Å²) in [6, 6.07) is 0. The molecule has 0 aromatic heterocycles. The Hall–Kier alpha value is -1.38. The maximum Gasteiger partial charge on any atom is 0.139 e. The molecule has 0 aromatic rings. The first-order valence-electron chi connectivity index (χ1n) is 10.7. The highest BCUT2D eigenvalue weighted by molar-refractivity contribution is 5.95. The Morgan fingerprint density at radius 2 is 1.85 bits per heavy atom. The number of likely N-dealkylation sites (tertiary alicyclic amines) is 1. The number of carbonyl (C=O) groups excluding carboxylic acids is 2. The van der Waals surface area contributed by atoms with Crippen molar-refractivity contribution in [3.63, 3.8) is 0 Å². The Morgan fingerprint density at radius 1 is 1.08 bits per heavy atom. The van der Waals surface area contributed by atoms with Crippen LogP contribution in [0.5, 0.6) is 0 Å². The van der Waals surface area contributed by atoms with Crippen molar-refractivity contribution in [2.75, 3.05) is 13.1 Å². The quantitative estimate of drug-likeness (QED) is 0.706. The molecule has 2 saturated carbocycles. The highest BCUT2D eigenvalue weighted by Crippen LogP contribution is 2.62. The number of ketones is 2. The summed E-state index contributed by atoms with van der Waals surface area (Å²) in [5.41, 5.74) is 2.52. The van der Waals surface area contributed by atoms with Gasteiger partial charge in [0.1, 0.15) is 11.6 Å². The van der Waals surface area contributed by atoms with Gasteiger partial charge in [-0.15, -0.1) is 0 Å². The second-order valence-electron chi connectivity index (χ2n) is 9.91. The molecule has 5 aliphatic rings. The Balaban J connectivity index is 1.51. The Labute approximate surface area is 156 Å². The van der Waals surface area contributed by atoms with Gasteiger partial charge in [-0.25, -0.2) is 0 Å². The zero-order chi connectivity index (χ0) is 18.1. The maximum absolute atomic E-state index is 13.3. The summed E-state index contributed by atoms with van der Waals surface area (Å²) in [7, 11) is 0. The van der Waals surface area contributed by atoms with Crippen LogP contribution < -0.4 is 0 Å². The molecule has 0 radical (unpaired) electrons. The number of Topliss-reactive ketones (excluding diaryl/α,β-unsaturated/α-hetero) is 2. The van der Waals surface area contributed by atoms with Crippen molar-refractivity contribution in [1.82, 2.24) is 4.90 Å². The van der Waals surface area contributed by atoms with Gasteiger partial charge < -0.3 is 4.90 Å². The Bertz CT molecular complexity index is 728. The van der Waals surface area contributed by atoms with E-state index in [1.54, 1.807) is 0 Å². The molecule has 3 nitrogen and oxygen atoms in total. The second kappa shape index (κ2) is 5.56. The maximum atomic E-state index is 13.3. The van der Waals surface area contributed by atoms with E-state index in [4.69, 9.17) is 0 Å². The predicted molar refractivity (Wildman–Crippen MR) is 101 cm³/mol. The first-order valence-corrected chi connectivity index (χ1v) is 10.7. The lowest BCUT2D eigenvalue weighted by molar-refractivity contribution is -0.147. The highest BCUT2D eigenvalue weighted by atomic mass is 16.1. The van der Waals surface area contributed by atoms with Crippen molar-refractivity contribution in [3.05, 3.63) is 23.4 Å². The number of rotatable bonds is 1. The lowest BCUT2D eigenvalue weighted by atomic mass is 9.48. The Morgan fingerprint density at radius 3 is 2.62 bits per heavy atom. The lowest BCUT2D eigenvalue weighted by Gasteiger charge is -2.54. The van der Waals surface area contributed by atoms with Gasteiger partial charge in [0.15, 0.2) is 0 Å². The van der Waals surface area contributed by atoms with Crippen LogP contribution in [0.4, 0.5) is 0 Å². The molecule has 1 saturated heterocycles. The summed E-state index contributed by atoms with van der Waals surface area (Å²) in [6.07, 6.45) is 12.8. The molecule has 1 aliphatic heterocycles. The van der Waals surface area contributed by atoms with E-state index in [2.05, 4.69) is 30.9 Å². The van der Waals surface area contributed by atoms with Crippen LogP contribution in [0.15, 0.2) is 23.4 Å². The summed E-state index contributed by atoms with van der Waals surface area (Å²) in [6.45, 7) is 6.81. The highest BCUT2D eigenvalue weighted by Gasteiger charge is 2.61. The van der Waals surface area contributed by atoms with Gasteiger partial charge in [-0.1, -0.05) is 19.9 Å². The molecule has 0 amide bonds. The fraction of sp³-hybridized carbons (Fsp3) is 0.739. The molecule has 0 bridgehead atoms. The molecule has 140 valence electrons. The molecule has 5 atom stereocenters. The Kier molecular flexibility index (Phi) is 3.59. The van der Waals surface area contributed by atoms with Crippen molar-refractivity contribution in [1.29, 1.82) is 0 Å². The average molecular weight is 354 g/mol. The minimum Gasteiger partial charge on any atom is -0.375 e. The van der Waals surface area contributed by atoms with Crippen LogP contribution >= 0.6 is 0 Å². The fourth-order valence-electron chi connectivity index (χ4n) is 7.18. The van der Waals surface area contributed by atoms with Gasteiger partial charge >= 0.3 is 0 Å². The van der Waals surface area contributed by atoms with E-state index >= 15 is 0 Å². The molecule has 0 spiro atoms. The average Bonchev–Trinajstić information content (AvgIpc) is 3.23. The van der Waals surface area contributed by atoms with Crippen LogP contribution in [-0.4, -0.2) is 29.6 Å². The zero-order valence-corrected chi connectivity index (χ0v) is 16.2. The topological polar surface area (TPSA) is 37.4 Å². The van der Waals surface area contributed by atoms with E-state index in [0.29, 0.717) is 36.2 Å². The fourth-order valence-corrected chi connectivity index (χ4v) is 7.18. The molecule has 4 aliphatic carbocycles. The van der Waals surface area contributed by atoms with Crippen LogP contribution in [0, 0.1) is 28.6 Å². The van der Waals surface area contributed by atoms with Crippen LogP contribution in [0.2, 0.25) is 0 Å². The van der Waals surface area contributed by atoms with Crippen molar-refractivity contribution in [3.8, 4) is 0 Å². The van der Waals surface area contributed by atoms with Crippen molar-refractivity contribution in [2.24, 2.45) is 28.6 Å².